The third kappa shape index (κ3) is 4.93. The van der Waals surface area contributed by atoms with Gasteiger partial charge in [0.25, 0.3) is 5.91 Å². The predicted octanol–water partition coefficient (Wildman–Crippen LogP) is 5.06. The smallest absolute Gasteiger partial charge is 0.322 e. The molecule has 186 valence electrons. The SMILES string of the molecule is Cc1cc(/C=C2\NC(=O)N(CC(=O)Nc3ccccc3F)C2=O)c(C)n1-c1ccc(C(C)(C)C)cc1. The fraction of sp³-hybridized carbons (Fsp3) is 0.250. The topological polar surface area (TPSA) is 83.4 Å². The van der Waals surface area contributed by atoms with E-state index in [1.54, 1.807) is 12.1 Å². The van der Waals surface area contributed by atoms with Gasteiger partial charge in [-0.25, -0.2) is 14.1 Å². The first kappa shape index (κ1) is 24.9. The highest BCUT2D eigenvalue weighted by Crippen LogP contribution is 2.27. The predicted molar refractivity (Wildman–Crippen MR) is 137 cm³/mol. The Morgan fingerprint density at radius 1 is 1.06 bits per heavy atom. The van der Waals surface area contributed by atoms with Gasteiger partial charge in [-0.15, -0.1) is 0 Å². The Balaban J connectivity index is 1.53. The number of imide groups is 1. The van der Waals surface area contributed by atoms with Gasteiger partial charge < -0.3 is 15.2 Å². The maximum Gasteiger partial charge on any atom is 0.329 e. The Hall–Kier alpha value is -4.20. The summed E-state index contributed by atoms with van der Waals surface area (Å²) in [4.78, 5) is 38.5. The lowest BCUT2D eigenvalue weighted by Gasteiger charge is -2.20. The second kappa shape index (κ2) is 9.45. The van der Waals surface area contributed by atoms with Crippen LogP contribution in [0.3, 0.4) is 0 Å². The maximum absolute atomic E-state index is 13.8. The van der Waals surface area contributed by atoms with Gasteiger partial charge in [-0.2, -0.15) is 0 Å². The Labute approximate surface area is 209 Å². The van der Waals surface area contributed by atoms with Crippen LogP contribution in [0.1, 0.15) is 43.3 Å². The Bertz CT molecular complexity index is 1380. The third-order valence-corrected chi connectivity index (χ3v) is 6.17. The Morgan fingerprint density at radius 3 is 2.36 bits per heavy atom. The number of rotatable bonds is 5. The van der Waals surface area contributed by atoms with Gasteiger partial charge in [-0.1, -0.05) is 45.0 Å². The van der Waals surface area contributed by atoms with E-state index < -0.39 is 30.2 Å². The van der Waals surface area contributed by atoms with Gasteiger partial charge in [0.2, 0.25) is 5.91 Å². The summed E-state index contributed by atoms with van der Waals surface area (Å²) in [5.74, 6) is -1.91. The molecule has 1 fully saturated rings. The third-order valence-electron chi connectivity index (χ3n) is 6.17. The van der Waals surface area contributed by atoms with Crippen molar-refractivity contribution in [1.82, 2.24) is 14.8 Å². The highest BCUT2D eigenvalue weighted by atomic mass is 19.1. The normalized spacial score (nSPS) is 14.9. The Kier molecular flexibility index (Phi) is 6.54. The van der Waals surface area contributed by atoms with Crippen LogP contribution in [-0.2, 0) is 15.0 Å². The minimum Gasteiger partial charge on any atom is -0.322 e. The van der Waals surface area contributed by atoms with Crippen LogP contribution in [0.25, 0.3) is 11.8 Å². The zero-order valence-corrected chi connectivity index (χ0v) is 21.0. The van der Waals surface area contributed by atoms with Gasteiger partial charge in [-0.3, -0.25) is 9.59 Å². The molecule has 2 N–H and O–H groups in total. The van der Waals surface area contributed by atoms with Crippen molar-refractivity contribution in [2.75, 3.05) is 11.9 Å². The molecule has 4 amide bonds. The number of aryl methyl sites for hydroxylation is 1. The molecule has 1 aliphatic heterocycles. The van der Waals surface area contributed by atoms with Gasteiger partial charge in [0, 0.05) is 17.1 Å². The zero-order valence-electron chi connectivity index (χ0n) is 21.0. The van der Waals surface area contributed by atoms with Crippen molar-refractivity contribution in [1.29, 1.82) is 0 Å². The molecule has 1 aromatic heterocycles. The first-order valence-electron chi connectivity index (χ1n) is 11.6. The monoisotopic (exact) mass is 488 g/mol. The van der Waals surface area contributed by atoms with E-state index in [4.69, 9.17) is 0 Å². The molecular formula is C28H29FN4O3. The number of para-hydroxylation sites is 1. The quantitative estimate of drug-likeness (QED) is 0.389. The number of nitrogens with zero attached hydrogens (tertiary/aromatic N) is 2. The molecule has 1 aliphatic rings. The summed E-state index contributed by atoms with van der Waals surface area (Å²) < 4.78 is 15.9. The number of hydrogen-bond donors (Lipinski definition) is 2. The summed E-state index contributed by atoms with van der Waals surface area (Å²) in [5.41, 5.74) is 4.98. The van der Waals surface area contributed by atoms with Crippen LogP contribution in [-0.4, -0.2) is 33.9 Å². The number of aromatic nitrogens is 1. The van der Waals surface area contributed by atoms with Crippen LogP contribution in [0, 0.1) is 19.7 Å². The zero-order chi connectivity index (χ0) is 26.2. The van der Waals surface area contributed by atoms with Gasteiger partial charge in [0.15, 0.2) is 0 Å². The number of anilines is 1. The summed E-state index contributed by atoms with van der Waals surface area (Å²) in [6, 6.07) is 15.3. The van der Waals surface area contributed by atoms with Crippen molar-refractivity contribution >= 4 is 29.6 Å². The molecule has 36 heavy (non-hydrogen) atoms. The molecule has 4 rings (SSSR count). The van der Waals surface area contributed by atoms with Crippen LogP contribution in [0.2, 0.25) is 0 Å². The van der Waals surface area contributed by atoms with Crippen molar-refractivity contribution < 1.29 is 18.8 Å². The van der Waals surface area contributed by atoms with E-state index in [1.807, 2.05) is 19.9 Å². The molecule has 1 saturated heterocycles. The van der Waals surface area contributed by atoms with E-state index in [2.05, 4.69) is 60.2 Å². The fourth-order valence-electron chi connectivity index (χ4n) is 4.21. The molecule has 7 nitrogen and oxygen atoms in total. The van der Waals surface area contributed by atoms with Crippen molar-refractivity contribution in [2.45, 2.75) is 40.0 Å². The molecule has 2 aromatic carbocycles. The minimum absolute atomic E-state index is 0.0201. The molecular weight excluding hydrogens is 459 g/mol. The van der Waals surface area contributed by atoms with Gasteiger partial charge >= 0.3 is 6.03 Å². The molecule has 0 saturated carbocycles. The van der Waals surface area contributed by atoms with Crippen molar-refractivity contribution in [2.24, 2.45) is 0 Å². The molecule has 3 aromatic rings. The number of carbonyl (C=O) groups excluding carboxylic acids is 3. The van der Waals surface area contributed by atoms with Crippen molar-refractivity contribution in [3.63, 3.8) is 0 Å². The maximum atomic E-state index is 13.8. The summed E-state index contributed by atoms with van der Waals surface area (Å²) in [6.07, 6.45) is 1.61. The number of nitrogens with one attached hydrogen (secondary N) is 2. The van der Waals surface area contributed by atoms with E-state index in [9.17, 15) is 18.8 Å². The Morgan fingerprint density at radius 2 is 1.72 bits per heavy atom. The second-order valence-electron chi connectivity index (χ2n) is 9.87. The lowest BCUT2D eigenvalue weighted by Crippen LogP contribution is -2.38. The van der Waals surface area contributed by atoms with Crippen molar-refractivity contribution in [3.05, 3.63) is 88.6 Å². The largest absolute Gasteiger partial charge is 0.329 e. The molecule has 0 radical (unpaired) electrons. The van der Waals surface area contributed by atoms with E-state index >= 15 is 0 Å². The first-order chi connectivity index (χ1) is 17.0. The summed E-state index contributed by atoms with van der Waals surface area (Å²) in [6.45, 7) is 9.88. The van der Waals surface area contributed by atoms with Crippen LogP contribution >= 0.6 is 0 Å². The van der Waals surface area contributed by atoms with Gasteiger partial charge in [0.1, 0.15) is 18.1 Å². The number of urea groups is 1. The van der Waals surface area contributed by atoms with E-state index in [0.29, 0.717) is 0 Å². The van der Waals surface area contributed by atoms with Crippen LogP contribution in [0.15, 0.2) is 60.3 Å². The highest BCUT2D eigenvalue weighted by Gasteiger charge is 2.35. The van der Waals surface area contributed by atoms with Crippen LogP contribution in [0.4, 0.5) is 14.9 Å². The van der Waals surface area contributed by atoms with E-state index in [0.717, 1.165) is 27.5 Å². The van der Waals surface area contributed by atoms with E-state index in [1.165, 1.54) is 23.8 Å². The standard InChI is InChI=1S/C28H29FN4O3/c1-17-14-19(18(2)33(17)21-12-10-20(11-13-21)28(3,4)5)15-24-26(35)32(27(36)31-24)16-25(34)30-23-9-7-6-8-22(23)29/h6-15H,16H2,1-5H3,(H,30,34)(H,31,36)/b24-15-. The fourth-order valence-corrected chi connectivity index (χ4v) is 4.21. The lowest BCUT2D eigenvalue weighted by atomic mass is 9.87. The average Bonchev–Trinajstić information content (AvgIpc) is 3.24. The molecule has 0 unspecified atom stereocenters. The average molecular weight is 489 g/mol. The van der Waals surface area contributed by atoms with Gasteiger partial charge in [-0.05, 0) is 66.8 Å². The number of carbonyl (C=O) groups is 3. The summed E-state index contributed by atoms with van der Waals surface area (Å²) >= 11 is 0. The first-order valence-corrected chi connectivity index (χ1v) is 11.6. The number of hydrogen-bond acceptors (Lipinski definition) is 3. The minimum atomic E-state index is -0.707. The molecule has 2 heterocycles. The summed E-state index contributed by atoms with van der Waals surface area (Å²) in [7, 11) is 0. The number of benzene rings is 2. The molecule has 0 aliphatic carbocycles. The number of amides is 4. The van der Waals surface area contributed by atoms with Gasteiger partial charge in [0.05, 0.1) is 5.69 Å². The molecule has 0 bridgehead atoms. The van der Waals surface area contributed by atoms with Crippen molar-refractivity contribution in [3.8, 4) is 5.69 Å². The highest BCUT2D eigenvalue weighted by molar-refractivity contribution is 6.16. The molecule has 8 heteroatoms. The second-order valence-corrected chi connectivity index (χ2v) is 9.87. The molecule has 0 atom stereocenters. The summed E-state index contributed by atoms with van der Waals surface area (Å²) in [5, 5.41) is 4.92. The van der Waals surface area contributed by atoms with Crippen LogP contribution < -0.4 is 10.6 Å². The van der Waals surface area contributed by atoms with E-state index in [-0.39, 0.29) is 16.8 Å². The molecule has 0 spiro atoms. The lowest BCUT2D eigenvalue weighted by molar-refractivity contribution is -0.127. The number of halogens is 1. The van der Waals surface area contributed by atoms with Crippen LogP contribution in [0.5, 0.6) is 0 Å².